The lowest BCUT2D eigenvalue weighted by molar-refractivity contribution is 0.109. The van der Waals surface area contributed by atoms with Crippen LogP contribution in [-0.2, 0) is 24.2 Å². The van der Waals surface area contributed by atoms with Gasteiger partial charge in [0.25, 0.3) is 0 Å². The van der Waals surface area contributed by atoms with Gasteiger partial charge in [0, 0.05) is 24.1 Å². The topological polar surface area (TPSA) is 47.1 Å². The summed E-state index contributed by atoms with van der Waals surface area (Å²) < 4.78 is 10.6. The van der Waals surface area contributed by atoms with E-state index in [4.69, 9.17) is 9.47 Å². The molecule has 1 aliphatic rings. The number of aromatic nitrogens is 2. The molecule has 0 saturated carbocycles. The first-order valence-corrected chi connectivity index (χ1v) is 6.12. The van der Waals surface area contributed by atoms with Crippen molar-refractivity contribution in [3.05, 3.63) is 46.8 Å². The molecular weight excluding hydrogens is 228 g/mol. The minimum absolute atomic E-state index is 0.678. The molecule has 0 unspecified atom stereocenters. The number of ether oxygens (including phenoxy) is 2. The van der Waals surface area contributed by atoms with Crippen LogP contribution < -0.4 is 4.74 Å². The molecule has 0 aliphatic carbocycles. The molecule has 2 aromatic rings. The van der Waals surface area contributed by atoms with Gasteiger partial charge in [0.15, 0.2) is 0 Å². The number of hydrogen-bond donors (Lipinski definition) is 1. The van der Waals surface area contributed by atoms with Crippen LogP contribution in [0.3, 0.4) is 0 Å². The molecule has 1 aromatic carbocycles. The van der Waals surface area contributed by atoms with Gasteiger partial charge in [-0.15, -0.1) is 0 Å². The summed E-state index contributed by atoms with van der Waals surface area (Å²) in [6, 6.07) is 8.10. The summed E-state index contributed by atoms with van der Waals surface area (Å²) in [7, 11) is 1.68. The second-order valence-electron chi connectivity index (χ2n) is 4.45. The van der Waals surface area contributed by atoms with E-state index in [1.165, 1.54) is 16.8 Å². The highest BCUT2D eigenvalue weighted by Crippen LogP contribution is 2.21. The van der Waals surface area contributed by atoms with Crippen LogP contribution in [0.25, 0.3) is 0 Å². The molecule has 4 heteroatoms. The summed E-state index contributed by atoms with van der Waals surface area (Å²) in [6.45, 7) is 1.47. The largest absolute Gasteiger partial charge is 0.497 e. The van der Waals surface area contributed by atoms with Crippen molar-refractivity contribution in [1.29, 1.82) is 0 Å². The molecule has 1 aromatic heterocycles. The Labute approximate surface area is 106 Å². The third-order valence-electron chi connectivity index (χ3n) is 3.31. The molecule has 18 heavy (non-hydrogen) atoms. The molecule has 1 N–H and O–H groups in total. The van der Waals surface area contributed by atoms with Gasteiger partial charge in [-0.2, -0.15) is 5.10 Å². The van der Waals surface area contributed by atoms with E-state index in [9.17, 15) is 0 Å². The Bertz CT molecular complexity index is 531. The Kier molecular flexibility index (Phi) is 3.02. The highest BCUT2D eigenvalue weighted by atomic mass is 16.5. The summed E-state index contributed by atoms with van der Waals surface area (Å²) in [6.07, 6.45) is 1.77. The summed E-state index contributed by atoms with van der Waals surface area (Å²) >= 11 is 0. The molecule has 3 rings (SSSR count). The van der Waals surface area contributed by atoms with Crippen LogP contribution in [0.5, 0.6) is 5.75 Å². The Morgan fingerprint density at radius 3 is 2.94 bits per heavy atom. The first-order chi connectivity index (χ1) is 8.86. The number of nitrogens with one attached hydrogen (secondary N) is 1. The van der Waals surface area contributed by atoms with Gasteiger partial charge in [0.2, 0.25) is 0 Å². The predicted octanol–water partition coefficient (Wildman–Crippen LogP) is 2.08. The molecule has 0 atom stereocenters. The zero-order chi connectivity index (χ0) is 12.4. The summed E-state index contributed by atoms with van der Waals surface area (Å²) in [5.41, 5.74) is 4.78. The SMILES string of the molecule is COc1ccc(Cc2n[nH]c3c2COCC3)cc1. The van der Waals surface area contributed by atoms with Crippen molar-refractivity contribution in [2.75, 3.05) is 13.7 Å². The number of rotatable bonds is 3. The second-order valence-corrected chi connectivity index (χ2v) is 4.45. The molecule has 0 spiro atoms. The minimum atomic E-state index is 0.678. The van der Waals surface area contributed by atoms with Crippen LogP contribution in [0.15, 0.2) is 24.3 Å². The van der Waals surface area contributed by atoms with E-state index in [2.05, 4.69) is 22.3 Å². The molecule has 1 aliphatic heterocycles. The van der Waals surface area contributed by atoms with Gasteiger partial charge in [-0.1, -0.05) is 12.1 Å². The van der Waals surface area contributed by atoms with Crippen molar-refractivity contribution in [1.82, 2.24) is 10.2 Å². The molecule has 0 saturated heterocycles. The lowest BCUT2D eigenvalue weighted by Gasteiger charge is -2.12. The average Bonchev–Trinajstić information content (AvgIpc) is 2.83. The van der Waals surface area contributed by atoms with Crippen molar-refractivity contribution in [2.24, 2.45) is 0 Å². The van der Waals surface area contributed by atoms with Gasteiger partial charge >= 0.3 is 0 Å². The normalized spacial score (nSPS) is 14.3. The first kappa shape index (κ1) is 11.3. The number of nitrogens with zero attached hydrogens (tertiary/aromatic N) is 1. The third kappa shape index (κ3) is 2.11. The molecule has 0 fully saturated rings. The van der Waals surface area contributed by atoms with Crippen LogP contribution in [-0.4, -0.2) is 23.9 Å². The van der Waals surface area contributed by atoms with E-state index in [0.29, 0.717) is 6.61 Å². The van der Waals surface area contributed by atoms with Gasteiger partial charge in [0.1, 0.15) is 5.75 Å². The highest BCUT2D eigenvalue weighted by molar-refractivity contribution is 5.34. The molecule has 4 nitrogen and oxygen atoms in total. The zero-order valence-corrected chi connectivity index (χ0v) is 10.4. The van der Waals surface area contributed by atoms with E-state index in [0.717, 1.165) is 30.9 Å². The van der Waals surface area contributed by atoms with Crippen LogP contribution >= 0.6 is 0 Å². The second kappa shape index (κ2) is 4.82. The van der Waals surface area contributed by atoms with Crippen molar-refractivity contribution < 1.29 is 9.47 Å². The van der Waals surface area contributed by atoms with Crippen LogP contribution in [0.2, 0.25) is 0 Å². The number of aromatic amines is 1. The van der Waals surface area contributed by atoms with E-state index in [-0.39, 0.29) is 0 Å². The van der Waals surface area contributed by atoms with Gasteiger partial charge in [-0.3, -0.25) is 5.10 Å². The van der Waals surface area contributed by atoms with Crippen LogP contribution in [0.4, 0.5) is 0 Å². The van der Waals surface area contributed by atoms with Crippen LogP contribution in [0.1, 0.15) is 22.5 Å². The predicted molar refractivity (Wildman–Crippen MR) is 67.7 cm³/mol. The maximum Gasteiger partial charge on any atom is 0.118 e. The van der Waals surface area contributed by atoms with Crippen LogP contribution in [0, 0.1) is 0 Å². The number of H-pyrrole nitrogens is 1. The Balaban J connectivity index is 1.81. The lowest BCUT2D eigenvalue weighted by atomic mass is 10.0. The standard InChI is InChI=1S/C14H16N2O2/c1-17-11-4-2-10(3-5-11)8-14-12-9-18-7-6-13(12)15-16-14/h2-5H,6-9H2,1H3,(H,15,16). The summed E-state index contributed by atoms with van der Waals surface area (Å²) in [4.78, 5) is 0. The average molecular weight is 244 g/mol. The molecule has 2 heterocycles. The third-order valence-corrected chi connectivity index (χ3v) is 3.31. The monoisotopic (exact) mass is 244 g/mol. The zero-order valence-electron chi connectivity index (χ0n) is 10.4. The van der Waals surface area contributed by atoms with E-state index >= 15 is 0 Å². The van der Waals surface area contributed by atoms with E-state index in [1.807, 2.05) is 12.1 Å². The Hall–Kier alpha value is -1.81. The van der Waals surface area contributed by atoms with Gasteiger partial charge < -0.3 is 9.47 Å². The lowest BCUT2D eigenvalue weighted by Crippen LogP contribution is -2.09. The first-order valence-electron chi connectivity index (χ1n) is 6.12. The number of fused-ring (bicyclic) bond motifs is 1. The van der Waals surface area contributed by atoms with Crippen molar-refractivity contribution in [2.45, 2.75) is 19.4 Å². The van der Waals surface area contributed by atoms with Crippen molar-refractivity contribution in [3.8, 4) is 5.75 Å². The van der Waals surface area contributed by atoms with Crippen molar-refractivity contribution >= 4 is 0 Å². The smallest absolute Gasteiger partial charge is 0.118 e. The van der Waals surface area contributed by atoms with Gasteiger partial charge in [-0.25, -0.2) is 0 Å². The summed E-state index contributed by atoms with van der Waals surface area (Å²) in [5.74, 6) is 0.881. The number of hydrogen-bond acceptors (Lipinski definition) is 3. The van der Waals surface area contributed by atoms with Gasteiger partial charge in [-0.05, 0) is 17.7 Å². The number of methoxy groups -OCH3 is 1. The highest BCUT2D eigenvalue weighted by Gasteiger charge is 2.17. The molecule has 0 amide bonds. The van der Waals surface area contributed by atoms with Crippen molar-refractivity contribution in [3.63, 3.8) is 0 Å². The molecule has 94 valence electrons. The molecular formula is C14H16N2O2. The fraction of sp³-hybridized carbons (Fsp3) is 0.357. The summed E-state index contributed by atoms with van der Waals surface area (Å²) in [5, 5.41) is 7.51. The van der Waals surface area contributed by atoms with Gasteiger partial charge in [0.05, 0.1) is 26.0 Å². The maximum atomic E-state index is 5.49. The van der Waals surface area contributed by atoms with E-state index < -0.39 is 0 Å². The van der Waals surface area contributed by atoms with E-state index in [1.54, 1.807) is 7.11 Å². The quantitative estimate of drug-likeness (QED) is 0.899. The minimum Gasteiger partial charge on any atom is -0.497 e. The number of benzene rings is 1. The Morgan fingerprint density at radius 1 is 1.33 bits per heavy atom. The fourth-order valence-corrected chi connectivity index (χ4v) is 2.25. The molecule has 0 radical (unpaired) electrons. The fourth-order valence-electron chi connectivity index (χ4n) is 2.25. The molecule has 0 bridgehead atoms. The Morgan fingerprint density at radius 2 is 2.17 bits per heavy atom. The maximum absolute atomic E-state index is 5.49.